The first-order valence-corrected chi connectivity index (χ1v) is 8.50. The number of hydrogen-bond donors (Lipinski definition) is 1. The van der Waals surface area contributed by atoms with Gasteiger partial charge in [-0.25, -0.2) is 4.98 Å². The minimum atomic E-state index is 0. The number of carbonyl (C=O) groups excluding carboxylic acids is 1. The zero-order valence-electron chi connectivity index (χ0n) is 13.8. The highest BCUT2D eigenvalue weighted by molar-refractivity contribution is 7.14. The summed E-state index contributed by atoms with van der Waals surface area (Å²) in [5, 5.41) is 4.22. The van der Waals surface area contributed by atoms with Crippen molar-refractivity contribution in [3.8, 4) is 11.3 Å². The lowest BCUT2D eigenvalue weighted by Crippen LogP contribution is -2.46. The molecule has 0 spiro atoms. The van der Waals surface area contributed by atoms with Gasteiger partial charge in [0.15, 0.2) is 0 Å². The molecule has 4 nitrogen and oxygen atoms in total. The summed E-state index contributed by atoms with van der Waals surface area (Å²) in [6.07, 6.45) is 2.18. The normalized spacial score (nSPS) is 16.9. The summed E-state index contributed by atoms with van der Waals surface area (Å²) in [5.74, 6) is 0.115. The van der Waals surface area contributed by atoms with Crippen LogP contribution in [0.15, 0.2) is 30.3 Å². The zero-order valence-corrected chi connectivity index (χ0v) is 16.3. The summed E-state index contributed by atoms with van der Waals surface area (Å²) >= 11 is 1.50. The van der Waals surface area contributed by atoms with E-state index in [2.05, 4.69) is 10.3 Å². The summed E-state index contributed by atoms with van der Waals surface area (Å²) in [7, 11) is 1.96. The highest BCUT2D eigenvalue weighted by Gasteiger charge is 2.27. The third-order valence-corrected chi connectivity index (χ3v) is 5.05. The van der Waals surface area contributed by atoms with Crippen LogP contribution < -0.4 is 5.32 Å². The number of nitrogens with zero attached hydrogens (tertiary/aromatic N) is 2. The van der Waals surface area contributed by atoms with Crippen molar-refractivity contribution in [1.82, 2.24) is 15.2 Å². The molecule has 132 valence electrons. The Morgan fingerprint density at radius 1 is 1.29 bits per heavy atom. The van der Waals surface area contributed by atoms with E-state index < -0.39 is 0 Å². The molecule has 1 atom stereocenters. The van der Waals surface area contributed by atoms with Crippen molar-refractivity contribution in [2.45, 2.75) is 25.8 Å². The molecule has 7 heteroatoms. The monoisotopic (exact) mass is 387 g/mol. The number of halogens is 2. The Hall–Kier alpha value is -1.14. The first kappa shape index (κ1) is 20.9. The van der Waals surface area contributed by atoms with Gasteiger partial charge in [-0.1, -0.05) is 30.3 Å². The molecular weight excluding hydrogens is 365 g/mol. The van der Waals surface area contributed by atoms with E-state index >= 15 is 0 Å². The SMILES string of the molecule is CNC1CCCN(C(=O)c2sc(C)nc2-c2ccccc2)C1.Cl.Cl. The Morgan fingerprint density at radius 2 is 2.00 bits per heavy atom. The summed E-state index contributed by atoms with van der Waals surface area (Å²) in [6.45, 7) is 3.57. The zero-order chi connectivity index (χ0) is 15.5. The fourth-order valence-corrected chi connectivity index (χ4v) is 3.81. The molecule has 0 aliphatic carbocycles. The molecule has 1 N–H and O–H groups in total. The van der Waals surface area contributed by atoms with Gasteiger partial charge in [-0.2, -0.15) is 0 Å². The van der Waals surface area contributed by atoms with Crippen molar-refractivity contribution < 1.29 is 4.79 Å². The van der Waals surface area contributed by atoms with Crippen LogP contribution in [0.3, 0.4) is 0 Å². The minimum Gasteiger partial charge on any atom is -0.336 e. The number of likely N-dealkylation sites (tertiary alicyclic amines) is 1. The average Bonchev–Trinajstić information content (AvgIpc) is 2.97. The number of rotatable bonds is 3. The van der Waals surface area contributed by atoms with Gasteiger partial charge in [-0.3, -0.25) is 4.79 Å². The molecule has 1 aromatic heterocycles. The molecule has 1 aliphatic rings. The Kier molecular flexibility index (Phi) is 8.16. The molecule has 0 radical (unpaired) electrons. The Labute approximate surface area is 159 Å². The molecule has 0 bridgehead atoms. The number of thiazole rings is 1. The number of piperidine rings is 1. The van der Waals surface area contributed by atoms with Crippen LogP contribution in [-0.4, -0.2) is 42.0 Å². The number of hydrogen-bond acceptors (Lipinski definition) is 4. The standard InChI is InChI=1S/C17H21N3OS.2ClH/c1-12-19-15(13-7-4-3-5-8-13)16(22-12)17(21)20-10-6-9-14(11-20)18-2;;/h3-5,7-8,14,18H,6,9-11H2,1-2H3;2*1H. The number of aromatic nitrogens is 1. The van der Waals surface area contributed by atoms with Gasteiger partial charge in [0.1, 0.15) is 4.88 Å². The van der Waals surface area contributed by atoms with Crippen molar-refractivity contribution in [2.24, 2.45) is 0 Å². The topological polar surface area (TPSA) is 45.2 Å². The van der Waals surface area contributed by atoms with Crippen molar-refractivity contribution in [2.75, 3.05) is 20.1 Å². The molecule has 1 saturated heterocycles. The lowest BCUT2D eigenvalue weighted by molar-refractivity contribution is 0.0703. The van der Waals surface area contributed by atoms with Crippen molar-refractivity contribution in [3.63, 3.8) is 0 Å². The Morgan fingerprint density at radius 3 is 2.67 bits per heavy atom. The number of likely N-dealkylation sites (N-methyl/N-ethyl adjacent to an activating group) is 1. The molecule has 1 fully saturated rings. The van der Waals surface area contributed by atoms with E-state index in [1.165, 1.54) is 11.3 Å². The largest absolute Gasteiger partial charge is 0.336 e. The van der Waals surface area contributed by atoms with Crippen LogP contribution >= 0.6 is 36.2 Å². The Balaban J connectivity index is 0.00000144. The maximum Gasteiger partial charge on any atom is 0.266 e. The smallest absolute Gasteiger partial charge is 0.266 e. The summed E-state index contributed by atoms with van der Waals surface area (Å²) < 4.78 is 0. The van der Waals surface area contributed by atoms with Crippen molar-refractivity contribution in [1.29, 1.82) is 0 Å². The van der Waals surface area contributed by atoms with Crippen LogP contribution in [0.4, 0.5) is 0 Å². The first-order valence-electron chi connectivity index (χ1n) is 7.68. The van der Waals surface area contributed by atoms with Gasteiger partial charge in [-0.05, 0) is 26.8 Å². The minimum absolute atomic E-state index is 0. The number of nitrogens with one attached hydrogen (secondary N) is 1. The van der Waals surface area contributed by atoms with Crippen LogP contribution in [0, 0.1) is 6.92 Å². The van der Waals surface area contributed by atoms with Gasteiger partial charge in [0.25, 0.3) is 5.91 Å². The van der Waals surface area contributed by atoms with Crippen LogP contribution in [0.25, 0.3) is 11.3 Å². The van der Waals surface area contributed by atoms with E-state index in [0.717, 1.165) is 47.1 Å². The van der Waals surface area contributed by atoms with E-state index in [-0.39, 0.29) is 30.7 Å². The predicted molar refractivity (Wildman–Crippen MR) is 105 cm³/mol. The maximum atomic E-state index is 12.9. The first-order chi connectivity index (χ1) is 10.7. The predicted octanol–water partition coefficient (Wildman–Crippen LogP) is 3.79. The number of carbonyl (C=O) groups is 1. The molecule has 1 amide bonds. The van der Waals surface area contributed by atoms with E-state index in [1.807, 2.05) is 49.2 Å². The molecule has 1 aliphatic heterocycles. The summed E-state index contributed by atoms with van der Waals surface area (Å²) in [6, 6.07) is 10.4. The molecule has 0 saturated carbocycles. The third kappa shape index (κ3) is 4.48. The van der Waals surface area contributed by atoms with Crippen molar-refractivity contribution in [3.05, 3.63) is 40.2 Å². The van der Waals surface area contributed by atoms with E-state index in [4.69, 9.17) is 0 Å². The quantitative estimate of drug-likeness (QED) is 0.870. The number of aryl methyl sites for hydroxylation is 1. The highest BCUT2D eigenvalue weighted by atomic mass is 35.5. The lowest BCUT2D eigenvalue weighted by atomic mass is 10.1. The molecule has 2 heterocycles. The second-order valence-corrected chi connectivity index (χ2v) is 6.86. The fraction of sp³-hybridized carbons (Fsp3) is 0.412. The van der Waals surface area contributed by atoms with Gasteiger partial charge in [0, 0.05) is 24.7 Å². The second-order valence-electron chi connectivity index (χ2n) is 5.66. The maximum absolute atomic E-state index is 12.9. The highest BCUT2D eigenvalue weighted by Crippen LogP contribution is 2.29. The number of benzene rings is 1. The van der Waals surface area contributed by atoms with Crippen LogP contribution in [0.5, 0.6) is 0 Å². The molecule has 24 heavy (non-hydrogen) atoms. The molecule has 3 rings (SSSR count). The van der Waals surface area contributed by atoms with Crippen LogP contribution in [0.2, 0.25) is 0 Å². The van der Waals surface area contributed by atoms with Gasteiger partial charge in [0.2, 0.25) is 0 Å². The fourth-order valence-electron chi connectivity index (χ4n) is 2.90. The van der Waals surface area contributed by atoms with Crippen LogP contribution in [-0.2, 0) is 0 Å². The van der Waals surface area contributed by atoms with E-state index in [9.17, 15) is 4.79 Å². The third-order valence-electron chi connectivity index (χ3n) is 4.09. The van der Waals surface area contributed by atoms with E-state index in [1.54, 1.807) is 0 Å². The van der Waals surface area contributed by atoms with Gasteiger partial charge < -0.3 is 10.2 Å². The molecule has 2 aromatic rings. The molecular formula is C17H23Cl2N3OS. The van der Waals surface area contributed by atoms with Crippen molar-refractivity contribution >= 4 is 42.1 Å². The summed E-state index contributed by atoms with van der Waals surface area (Å²) in [5.41, 5.74) is 1.83. The van der Waals surface area contributed by atoms with E-state index in [0.29, 0.717) is 6.04 Å². The summed E-state index contributed by atoms with van der Waals surface area (Å²) in [4.78, 5) is 20.3. The Bertz CT molecular complexity index is 663. The second kappa shape index (κ2) is 9.37. The number of amides is 1. The molecule has 1 aromatic carbocycles. The van der Waals surface area contributed by atoms with Gasteiger partial charge in [-0.15, -0.1) is 36.2 Å². The lowest BCUT2D eigenvalue weighted by Gasteiger charge is -2.32. The average molecular weight is 388 g/mol. The van der Waals surface area contributed by atoms with Crippen LogP contribution in [0.1, 0.15) is 27.5 Å². The van der Waals surface area contributed by atoms with Gasteiger partial charge in [0.05, 0.1) is 10.7 Å². The van der Waals surface area contributed by atoms with Gasteiger partial charge >= 0.3 is 0 Å². The molecule has 1 unspecified atom stereocenters.